The maximum absolute atomic E-state index is 12.6. The van der Waals surface area contributed by atoms with Crippen molar-refractivity contribution < 1.29 is 18.0 Å². The summed E-state index contributed by atoms with van der Waals surface area (Å²) < 4.78 is 37.8. The Balaban J connectivity index is 1.35. The fourth-order valence-electron chi connectivity index (χ4n) is 3.77. The zero-order valence-corrected chi connectivity index (χ0v) is 16.1. The van der Waals surface area contributed by atoms with Crippen molar-refractivity contribution in [3.8, 4) is 0 Å². The van der Waals surface area contributed by atoms with Crippen molar-refractivity contribution in [1.82, 2.24) is 24.7 Å². The number of amides is 1. The summed E-state index contributed by atoms with van der Waals surface area (Å²) in [6, 6.07) is 0. The Bertz CT molecular complexity index is 829. The standard InChI is InChI=1S/C18H22F3N7O/c1-26-4-2-3-13-15(26)24-17(25-16(13)29)28-7-5-27(6-8-28)11-14-22-9-12(10-23-14)18(19,20)21/h9-10,13H,2-8,11H2,1H3. The number of rotatable bonds is 2. The molecule has 8 nitrogen and oxygen atoms in total. The maximum atomic E-state index is 12.6. The second kappa shape index (κ2) is 7.69. The molecule has 4 heterocycles. The van der Waals surface area contributed by atoms with Crippen LogP contribution in [0.3, 0.4) is 0 Å². The Morgan fingerprint density at radius 1 is 1.07 bits per heavy atom. The molecule has 1 aromatic heterocycles. The van der Waals surface area contributed by atoms with Crippen molar-refractivity contribution in [2.45, 2.75) is 25.6 Å². The van der Waals surface area contributed by atoms with E-state index >= 15 is 0 Å². The molecule has 29 heavy (non-hydrogen) atoms. The van der Waals surface area contributed by atoms with Crippen LogP contribution in [0, 0.1) is 5.92 Å². The average Bonchev–Trinajstić information content (AvgIpc) is 2.69. The van der Waals surface area contributed by atoms with Gasteiger partial charge in [-0.05, 0) is 12.8 Å². The van der Waals surface area contributed by atoms with Gasteiger partial charge in [0.1, 0.15) is 11.7 Å². The second-order valence-electron chi connectivity index (χ2n) is 7.49. The number of aliphatic imine (C=N–C) groups is 2. The lowest BCUT2D eigenvalue weighted by Gasteiger charge is -2.38. The van der Waals surface area contributed by atoms with E-state index in [4.69, 9.17) is 0 Å². The van der Waals surface area contributed by atoms with Crippen LogP contribution in [0.25, 0.3) is 0 Å². The normalized spacial score (nSPS) is 23.6. The average molecular weight is 409 g/mol. The summed E-state index contributed by atoms with van der Waals surface area (Å²) in [5.74, 6) is 1.25. The van der Waals surface area contributed by atoms with Gasteiger partial charge < -0.3 is 9.80 Å². The summed E-state index contributed by atoms with van der Waals surface area (Å²) in [6.07, 6.45) is -1.06. The minimum Gasteiger partial charge on any atom is -0.362 e. The van der Waals surface area contributed by atoms with E-state index in [1.807, 2.05) is 16.8 Å². The number of fused-ring (bicyclic) bond motifs is 1. The van der Waals surface area contributed by atoms with E-state index < -0.39 is 11.7 Å². The molecule has 1 amide bonds. The Kier molecular flexibility index (Phi) is 5.24. The van der Waals surface area contributed by atoms with Gasteiger partial charge in [-0.25, -0.2) is 9.97 Å². The summed E-state index contributed by atoms with van der Waals surface area (Å²) in [7, 11) is 1.95. The van der Waals surface area contributed by atoms with Crippen molar-refractivity contribution in [2.75, 3.05) is 39.8 Å². The van der Waals surface area contributed by atoms with E-state index in [0.717, 1.165) is 37.6 Å². The first kappa shape index (κ1) is 19.7. The number of piperidine rings is 1. The van der Waals surface area contributed by atoms with E-state index in [1.54, 1.807) is 0 Å². The third kappa shape index (κ3) is 4.24. The van der Waals surface area contributed by atoms with Gasteiger partial charge in [0.25, 0.3) is 5.91 Å². The molecule has 0 N–H and O–H groups in total. The van der Waals surface area contributed by atoms with Gasteiger partial charge in [0, 0.05) is 52.2 Å². The fraction of sp³-hybridized carbons (Fsp3) is 0.611. The molecular weight excluding hydrogens is 387 g/mol. The number of aromatic nitrogens is 2. The molecule has 2 fully saturated rings. The Morgan fingerprint density at radius 3 is 2.41 bits per heavy atom. The largest absolute Gasteiger partial charge is 0.419 e. The molecular formula is C18H22F3N7O. The number of carbonyl (C=O) groups excluding carboxylic acids is 1. The molecule has 1 unspecified atom stereocenters. The van der Waals surface area contributed by atoms with Crippen molar-refractivity contribution in [3.05, 3.63) is 23.8 Å². The van der Waals surface area contributed by atoms with Crippen LogP contribution >= 0.6 is 0 Å². The SMILES string of the molecule is CN1CCCC2C(=O)N=C(N3CCN(Cc4ncc(C(F)(F)F)cn4)CC3)N=C21. The van der Waals surface area contributed by atoms with Crippen molar-refractivity contribution >= 4 is 17.7 Å². The summed E-state index contributed by atoms with van der Waals surface area (Å²) in [6.45, 7) is 3.81. The molecule has 3 aliphatic heterocycles. The molecule has 0 spiro atoms. The molecule has 1 atom stereocenters. The number of alkyl halides is 3. The highest BCUT2D eigenvalue weighted by atomic mass is 19.4. The van der Waals surface area contributed by atoms with Crippen molar-refractivity contribution in [2.24, 2.45) is 15.9 Å². The lowest BCUT2D eigenvalue weighted by molar-refractivity contribution is -0.138. The van der Waals surface area contributed by atoms with Crippen LogP contribution in [0.5, 0.6) is 0 Å². The quantitative estimate of drug-likeness (QED) is 0.732. The first-order chi connectivity index (χ1) is 13.8. The highest BCUT2D eigenvalue weighted by molar-refractivity contribution is 6.14. The molecule has 11 heteroatoms. The highest BCUT2D eigenvalue weighted by Crippen LogP contribution is 2.28. The molecule has 1 aromatic rings. The highest BCUT2D eigenvalue weighted by Gasteiger charge is 2.35. The van der Waals surface area contributed by atoms with Gasteiger partial charge in [0.2, 0.25) is 5.96 Å². The second-order valence-corrected chi connectivity index (χ2v) is 7.49. The third-order valence-electron chi connectivity index (χ3n) is 5.46. The lowest BCUT2D eigenvalue weighted by Crippen LogP contribution is -2.51. The molecule has 0 radical (unpaired) electrons. The van der Waals surface area contributed by atoms with Gasteiger partial charge in [-0.1, -0.05) is 0 Å². The summed E-state index contributed by atoms with van der Waals surface area (Å²) in [4.78, 5) is 35.0. The minimum atomic E-state index is -4.44. The van der Waals surface area contributed by atoms with Crippen molar-refractivity contribution in [1.29, 1.82) is 0 Å². The van der Waals surface area contributed by atoms with E-state index in [2.05, 4.69) is 24.9 Å². The van der Waals surface area contributed by atoms with Gasteiger partial charge in [-0.3, -0.25) is 9.69 Å². The number of guanidine groups is 1. The zero-order valence-electron chi connectivity index (χ0n) is 16.1. The number of nitrogens with zero attached hydrogens (tertiary/aromatic N) is 7. The number of hydrogen-bond acceptors (Lipinski definition) is 7. The molecule has 0 saturated carbocycles. The van der Waals surface area contributed by atoms with Crippen LogP contribution < -0.4 is 0 Å². The first-order valence-corrected chi connectivity index (χ1v) is 9.59. The van der Waals surface area contributed by atoms with Crippen LogP contribution in [-0.2, 0) is 17.5 Å². The van der Waals surface area contributed by atoms with Crippen LogP contribution in [-0.4, -0.2) is 82.1 Å². The zero-order chi connectivity index (χ0) is 20.6. The Labute approximate surface area is 166 Å². The van der Waals surface area contributed by atoms with Gasteiger partial charge in [0.15, 0.2) is 0 Å². The van der Waals surface area contributed by atoms with E-state index in [-0.39, 0.29) is 11.8 Å². The van der Waals surface area contributed by atoms with Crippen LogP contribution in [0.1, 0.15) is 24.2 Å². The van der Waals surface area contributed by atoms with E-state index in [0.29, 0.717) is 44.5 Å². The molecule has 0 aromatic carbocycles. The number of piperazine rings is 1. The van der Waals surface area contributed by atoms with Crippen LogP contribution in [0.2, 0.25) is 0 Å². The van der Waals surface area contributed by atoms with Gasteiger partial charge >= 0.3 is 6.18 Å². The Morgan fingerprint density at radius 2 is 1.76 bits per heavy atom. The fourth-order valence-corrected chi connectivity index (χ4v) is 3.77. The van der Waals surface area contributed by atoms with E-state index in [9.17, 15) is 18.0 Å². The predicted molar refractivity (Wildman–Crippen MR) is 99.1 cm³/mol. The van der Waals surface area contributed by atoms with Gasteiger partial charge in [-0.2, -0.15) is 23.2 Å². The monoisotopic (exact) mass is 409 g/mol. The number of carbonyl (C=O) groups is 1. The number of likely N-dealkylation sites (tertiary alicyclic amines) is 1. The van der Waals surface area contributed by atoms with E-state index in [1.165, 1.54) is 0 Å². The summed E-state index contributed by atoms with van der Waals surface area (Å²) >= 11 is 0. The lowest BCUT2D eigenvalue weighted by atomic mass is 9.95. The minimum absolute atomic E-state index is 0.128. The van der Waals surface area contributed by atoms with Gasteiger partial charge in [0.05, 0.1) is 18.0 Å². The van der Waals surface area contributed by atoms with Crippen LogP contribution in [0.15, 0.2) is 22.4 Å². The first-order valence-electron chi connectivity index (χ1n) is 9.59. The molecule has 2 saturated heterocycles. The molecule has 0 bridgehead atoms. The number of amidine groups is 1. The molecule has 0 aliphatic carbocycles. The summed E-state index contributed by atoms with van der Waals surface area (Å²) in [5, 5.41) is 0. The molecule has 156 valence electrons. The topological polar surface area (TPSA) is 77.3 Å². The van der Waals surface area contributed by atoms with Crippen LogP contribution in [0.4, 0.5) is 13.2 Å². The van der Waals surface area contributed by atoms with Crippen molar-refractivity contribution in [3.63, 3.8) is 0 Å². The Hall–Kier alpha value is -2.56. The molecule has 3 aliphatic rings. The number of hydrogen-bond donors (Lipinski definition) is 0. The predicted octanol–water partition coefficient (Wildman–Crippen LogP) is 1.25. The van der Waals surface area contributed by atoms with Gasteiger partial charge in [-0.15, -0.1) is 0 Å². The third-order valence-corrected chi connectivity index (χ3v) is 5.46. The maximum Gasteiger partial charge on any atom is 0.419 e. The summed E-state index contributed by atoms with van der Waals surface area (Å²) in [5.41, 5.74) is -0.851. The smallest absolute Gasteiger partial charge is 0.362 e. The molecule has 4 rings (SSSR count). The number of halogens is 3.